The molecule has 0 bridgehead atoms. The number of rotatable bonds is 5. The van der Waals surface area contributed by atoms with Gasteiger partial charge in [-0.15, -0.1) is 0 Å². The van der Waals surface area contributed by atoms with Crippen molar-refractivity contribution in [1.29, 1.82) is 0 Å². The maximum atomic E-state index is 11.9. The molecule has 2 aliphatic rings. The van der Waals surface area contributed by atoms with Gasteiger partial charge in [-0.05, 0) is 25.7 Å². The predicted octanol–water partition coefficient (Wildman–Crippen LogP) is 0.599. The molecule has 1 N–H and O–H groups in total. The Morgan fingerprint density at radius 3 is 2.42 bits per heavy atom. The first-order valence-corrected chi connectivity index (χ1v) is 7.42. The molecule has 1 saturated carbocycles. The molecule has 0 aromatic carbocycles. The van der Waals surface area contributed by atoms with Gasteiger partial charge in [0.15, 0.2) is 0 Å². The third kappa shape index (κ3) is 4.20. The van der Waals surface area contributed by atoms with E-state index in [1.165, 1.54) is 25.7 Å². The van der Waals surface area contributed by atoms with Crippen molar-refractivity contribution in [2.75, 3.05) is 33.2 Å². The Labute approximate surface area is 115 Å². The summed E-state index contributed by atoms with van der Waals surface area (Å²) in [4.78, 5) is 27.3. The number of amides is 2. The van der Waals surface area contributed by atoms with Crippen LogP contribution in [0.3, 0.4) is 0 Å². The molecule has 5 heteroatoms. The third-order valence-corrected chi connectivity index (χ3v) is 4.15. The Kier molecular flexibility index (Phi) is 5.19. The standard InChI is InChI=1S/C14H25N3O2/c1-16(11-14(19)17-8-4-5-9-17)13(18)10-15-12-6-2-3-7-12/h12,15H,2-11H2,1H3. The molecule has 2 fully saturated rings. The fourth-order valence-corrected chi connectivity index (χ4v) is 2.85. The van der Waals surface area contributed by atoms with E-state index in [0.29, 0.717) is 12.6 Å². The van der Waals surface area contributed by atoms with Crippen LogP contribution in [-0.2, 0) is 9.59 Å². The minimum atomic E-state index is 0.0134. The molecule has 1 aliphatic heterocycles. The zero-order valence-corrected chi connectivity index (χ0v) is 11.9. The van der Waals surface area contributed by atoms with Crippen LogP contribution in [0.5, 0.6) is 0 Å². The van der Waals surface area contributed by atoms with E-state index in [0.717, 1.165) is 25.9 Å². The van der Waals surface area contributed by atoms with Crippen LogP contribution in [-0.4, -0.2) is 60.9 Å². The summed E-state index contributed by atoms with van der Waals surface area (Å²) in [5.41, 5.74) is 0. The highest BCUT2D eigenvalue weighted by Crippen LogP contribution is 2.17. The highest BCUT2D eigenvalue weighted by Gasteiger charge is 2.22. The summed E-state index contributed by atoms with van der Waals surface area (Å²) < 4.78 is 0. The first kappa shape index (κ1) is 14.3. The molecule has 1 heterocycles. The van der Waals surface area contributed by atoms with Crippen molar-refractivity contribution >= 4 is 11.8 Å². The molecule has 1 aliphatic carbocycles. The summed E-state index contributed by atoms with van der Waals surface area (Å²) in [6.07, 6.45) is 7.04. The SMILES string of the molecule is CN(CC(=O)N1CCCC1)C(=O)CNC1CCCC1. The second-order valence-electron chi connectivity index (χ2n) is 5.70. The number of hydrogen-bond donors (Lipinski definition) is 1. The molecular formula is C14H25N3O2. The van der Waals surface area contributed by atoms with E-state index in [-0.39, 0.29) is 18.4 Å². The molecule has 0 atom stereocenters. The van der Waals surface area contributed by atoms with Gasteiger partial charge in [0.2, 0.25) is 11.8 Å². The molecule has 108 valence electrons. The van der Waals surface area contributed by atoms with Gasteiger partial charge in [-0.2, -0.15) is 0 Å². The normalized spacial score (nSPS) is 19.9. The Hall–Kier alpha value is -1.10. The smallest absolute Gasteiger partial charge is 0.242 e. The van der Waals surface area contributed by atoms with Crippen molar-refractivity contribution in [3.05, 3.63) is 0 Å². The zero-order valence-electron chi connectivity index (χ0n) is 11.9. The van der Waals surface area contributed by atoms with Crippen molar-refractivity contribution in [2.24, 2.45) is 0 Å². The van der Waals surface area contributed by atoms with Gasteiger partial charge < -0.3 is 15.1 Å². The van der Waals surface area contributed by atoms with Crippen LogP contribution in [0.1, 0.15) is 38.5 Å². The maximum absolute atomic E-state index is 11.9. The summed E-state index contributed by atoms with van der Waals surface area (Å²) in [7, 11) is 1.71. The van der Waals surface area contributed by atoms with E-state index in [4.69, 9.17) is 0 Å². The van der Waals surface area contributed by atoms with Crippen LogP contribution in [0, 0.1) is 0 Å². The minimum absolute atomic E-state index is 0.0134. The van der Waals surface area contributed by atoms with Crippen LogP contribution in [0.25, 0.3) is 0 Å². The Balaban J connectivity index is 1.67. The molecule has 2 amide bonds. The van der Waals surface area contributed by atoms with Crippen molar-refractivity contribution in [2.45, 2.75) is 44.6 Å². The number of hydrogen-bond acceptors (Lipinski definition) is 3. The molecule has 1 saturated heterocycles. The summed E-state index contributed by atoms with van der Waals surface area (Å²) in [5.74, 6) is 0.0914. The third-order valence-electron chi connectivity index (χ3n) is 4.15. The first-order valence-electron chi connectivity index (χ1n) is 7.42. The molecule has 0 radical (unpaired) electrons. The number of likely N-dealkylation sites (N-methyl/N-ethyl adjacent to an activating group) is 1. The van der Waals surface area contributed by atoms with E-state index < -0.39 is 0 Å². The van der Waals surface area contributed by atoms with Crippen molar-refractivity contribution < 1.29 is 9.59 Å². The summed E-state index contributed by atoms with van der Waals surface area (Å²) in [6.45, 7) is 2.27. The number of likely N-dealkylation sites (tertiary alicyclic amines) is 1. The molecule has 0 unspecified atom stereocenters. The highest BCUT2D eigenvalue weighted by molar-refractivity contribution is 5.85. The molecule has 0 aromatic rings. The average molecular weight is 267 g/mol. The Bertz CT molecular complexity index is 321. The van der Waals surface area contributed by atoms with Crippen molar-refractivity contribution in [1.82, 2.24) is 15.1 Å². The number of nitrogens with zero attached hydrogens (tertiary/aromatic N) is 2. The minimum Gasteiger partial charge on any atom is -0.341 e. The Morgan fingerprint density at radius 1 is 1.16 bits per heavy atom. The van der Waals surface area contributed by atoms with Gasteiger partial charge in [0.05, 0.1) is 13.1 Å². The number of carbonyl (C=O) groups is 2. The first-order chi connectivity index (χ1) is 9.16. The quantitative estimate of drug-likeness (QED) is 0.793. The number of nitrogens with one attached hydrogen (secondary N) is 1. The van der Waals surface area contributed by atoms with E-state index in [1.54, 1.807) is 11.9 Å². The zero-order chi connectivity index (χ0) is 13.7. The monoisotopic (exact) mass is 267 g/mol. The molecule has 5 nitrogen and oxygen atoms in total. The number of carbonyl (C=O) groups excluding carboxylic acids is 2. The van der Waals surface area contributed by atoms with Gasteiger partial charge in [0.25, 0.3) is 0 Å². The van der Waals surface area contributed by atoms with Crippen molar-refractivity contribution in [3.8, 4) is 0 Å². The van der Waals surface area contributed by atoms with Crippen molar-refractivity contribution in [3.63, 3.8) is 0 Å². The Morgan fingerprint density at radius 2 is 1.79 bits per heavy atom. The molecule has 19 heavy (non-hydrogen) atoms. The fraction of sp³-hybridized carbons (Fsp3) is 0.857. The summed E-state index contributed by atoms with van der Waals surface area (Å²) >= 11 is 0. The van der Waals surface area contributed by atoms with Gasteiger partial charge in [0, 0.05) is 26.2 Å². The largest absolute Gasteiger partial charge is 0.341 e. The van der Waals surface area contributed by atoms with Crippen LogP contribution < -0.4 is 5.32 Å². The lowest BCUT2D eigenvalue weighted by Crippen LogP contribution is -2.44. The second kappa shape index (κ2) is 6.89. The van der Waals surface area contributed by atoms with Gasteiger partial charge in [-0.3, -0.25) is 9.59 Å². The van der Waals surface area contributed by atoms with Crippen LogP contribution >= 0.6 is 0 Å². The average Bonchev–Trinajstić information content (AvgIpc) is 3.08. The fourth-order valence-electron chi connectivity index (χ4n) is 2.85. The predicted molar refractivity (Wildman–Crippen MR) is 73.7 cm³/mol. The van der Waals surface area contributed by atoms with Gasteiger partial charge in [-0.25, -0.2) is 0 Å². The lowest BCUT2D eigenvalue weighted by Gasteiger charge is -2.22. The highest BCUT2D eigenvalue weighted by atomic mass is 16.2. The molecule has 2 rings (SSSR count). The van der Waals surface area contributed by atoms with E-state index >= 15 is 0 Å². The lowest BCUT2D eigenvalue weighted by atomic mass is 10.2. The van der Waals surface area contributed by atoms with E-state index in [2.05, 4.69) is 5.32 Å². The summed E-state index contributed by atoms with van der Waals surface area (Å²) in [6, 6.07) is 0.492. The van der Waals surface area contributed by atoms with E-state index in [1.807, 2.05) is 4.90 Å². The summed E-state index contributed by atoms with van der Waals surface area (Å²) in [5, 5.41) is 3.29. The topological polar surface area (TPSA) is 52.7 Å². The van der Waals surface area contributed by atoms with E-state index in [9.17, 15) is 9.59 Å². The maximum Gasteiger partial charge on any atom is 0.242 e. The van der Waals surface area contributed by atoms with Crippen LogP contribution in [0.4, 0.5) is 0 Å². The molecule has 0 aromatic heterocycles. The van der Waals surface area contributed by atoms with Gasteiger partial charge in [0.1, 0.15) is 0 Å². The molecular weight excluding hydrogens is 242 g/mol. The molecule has 0 spiro atoms. The van der Waals surface area contributed by atoms with Crippen LogP contribution in [0.15, 0.2) is 0 Å². The second-order valence-corrected chi connectivity index (χ2v) is 5.70. The van der Waals surface area contributed by atoms with Gasteiger partial charge >= 0.3 is 0 Å². The van der Waals surface area contributed by atoms with Gasteiger partial charge in [-0.1, -0.05) is 12.8 Å². The van der Waals surface area contributed by atoms with Crippen LogP contribution in [0.2, 0.25) is 0 Å². The lowest BCUT2D eigenvalue weighted by molar-refractivity contribution is -0.138.